The van der Waals surface area contributed by atoms with Crippen LogP contribution in [0.25, 0.3) is 10.8 Å². The average Bonchev–Trinajstić information content (AvgIpc) is 2.60. The molecule has 2 aromatic carbocycles. The van der Waals surface area contributed by atoms with Gasteiger partial charge in [0, 0.05) is 6.54 Å². The van der Waals surface area contributed by atoms with Crippen molar-refractivity contribution >= 4 is 22.6 Å². The maximum Gasteiger partial charge on any atom is 0.487 e. The Morgan fingerprint density at radius 3 is 2.46 bits per heavy atom. The maximum atomic E-state index is 13.1. The molecule has 0 aromatic heterocycles. The summed E-state index contributed by atoms with van der Waals surface area (Å²) in [6, 6.07) is 11.4. The minimum Gasteiger partial charge on any atom is -0.467 e. The Morgan fingerprint density at radius 1 is 1.15 bits per heavy atom. The van der Waals surface area contributed by atoms with Crippen molar-refractivity contribution in [3.8, 4) is 0 Å². The van der Waals surface area contributed by atoms with E-state index in [1.54, 1.807) is 0 Å². The Balaban J connectivity index is 2.07. The Hall–Kier alpha value is -2.61. The van der Waals surface area contributed by atoms with Gasteiger partial charge in [-0.3, -0.25) is 4.79 Å². The van der Waals surface area contributed by atoms with E-state index < -0.39 is 35.7 Å². The minimum absolute atomic E-state index is 0.214. The van der Waals surface area contributed by atoms with Gasteiger partial charge in [-0.05, 0) is 23.3 Å². The van der Waals surface area contributed by atoms with E-state index in [4.69, 9.17) is 0 Å². The van der Waals surface area contributed by atoms with Gasteiger partial charge in [-0.15, -0.1) is 13.2 Å². The van der Waals surface area contributed by atoms with Gasteiger partial charge in [-0.2, -0.15) is 0 Å². The van der Waals surface area contributed by atoms with E-state index in [1.165, 1.54) is 0 Å². The van der Waals surface area contributed by atoms with E-state index in [2.05, 4.69) is 10.1 Å². The van der Waals surface area contributed by atoms with Crippen LogP contribution in [-0.4, -0.2) is 42.8 Å². The number of carbonyl (C=O) groups is 2. The van der Waals surface area contributed by atoms with Crippen molar-refractivity contribution in [1.82, 2.24) is 10.2 Å². The molecule has 0 radical (unpaired) electrons. The van der Waals surface area contributed by atoms with Gasteiger partial charge in [0.05, 0.1) is 13.7 Å². The minimum atomic E-state index is -4.98. The third-order valence-electron chi connectivity index (χ3n) is 3.94. The smallest absolute Gasteiger partial charge is 0.467 e. The molecule has 0 spiro atoms. The molecule has 2 rings (SSSR count). The Kier molecular flexibility index (Phi) is 6.20. The van der Waals surface area contributed by atoms with Gasteiger partial charge in [0.15, 0.2) is 0 Å². The standard InChI is InChI=1S/C18H19F3N2O3/c1-12(17(25)26-2)23(18(19,20)21)16(24)11-22-10-14-8-5-7-13-6-3-4-9-15(13)14/h3-9,12,22H,10-11H2,1-2H3/t12-/m0/s1. The van der Waals surface area contributed by atoms with Crippen LogP contribution in [0, 0.1) is 0 Å². The summed E-state index contributed by atoms with van der Waals surface area (Å²) in [5.41, 5.74) is 0.857. The average molecular weight is 368 g/mol. The number of amides is 1. The molecule has 0 heterocycles. The first kappa shape index (κ1) is 19.7. The number of hydrogen-bond donors (Lipinski definition) is 1. The maximum absolute atomic E-state index is 13.1. The molecule has 140 valence electrons. The Bertz CT molecular complexity index is 787. The molecule has 8 heteroatoms. The first-order chi connectivity index (χ1) is 12.3. The van der Waals surface area contributed by atoms with E-state index in [9.17, 15) is 22.8 Å². The van der Waals surface area contributed by atoms with Gasteiger partial charge in [-0.25, -0.2) is 9.69 Å². The fraction of sp³-hybridized carbons (Fsp3) is 0.333. The lowest BCUT2D eigenvalue weighted by molar-refractivity contribution is -0.251. The van der Waals surface area contributed by atoms with E-state index in [-0.39, 0.29) is 6.54 Å². The SMILES string of the molecule is COC(=O)[C@H](C)N(C(=O)CNCc1cccc2ccccc12)C(F)(F)F. The number of hydrogen-bond acceptors (Lipinski definition) is 4. The lowest BCUT2D eigenvalue weighted by atomic mass is 10.0. The van der Waals surface area contributed by atoms with Crippen molar-refractivity contribution < 1.29 is 27.5 Å². The summed E-state index contributed by atoms with van der Waals surface area (Å²) in [4.78, 5) is 23.0. The molecule has 1 atom stereocenters. The highest BCUT2D eigenvalue weighted by atomic mass is 19.4. The summed E-state index contributed by atoms with van der Waals surface area (Å²) in [6.07, 6.45) is -4.98. The number of fused-ring (bicyclic) bond motifs is 1. The lowest BCUT2D eigenvalue weighted by Gasteiger charge is -2.29. The second-order valence-corrected chi connectivity index (χ2v) is 5.67. The molecule has 0 aliphatic rings. The van der Waals surface area contributed by atoms with Crippen LogP contribution >= 0.6 is 0 Å². The number of alkyl halides is 3. The highest BCUT2D eigenvalue weighted by Crippen LogP contribution is 2.24. The van der Waals surface area contributed by atoms with Crippen LogP contribution in [0.5, 0.6) is 0 Å². The molecular weight excluding hydrogens is 349 g/mol. The summed E-state index contributed by atoms with van der Waals surface area (Å²) in [7, 11) is 0.969. The van der Waals surface area contributed by atoms with Crippen LogP contribution in [0.15, 0.2) is 42.5 Å². The van der Waals surface area contributed by atoms with Crippen LogP contribution in [-0.2, 0) is 20.9 Å². The van der Waals surface area contributed by atoms with Crippen molar-refractivity contribution in [3.05, 3.63) is 48.0 Å². The van der Waals surface area contributed by atoms with Gasteiger partial charge < -0.3 is 10.1 Å². The summed E-state index contributed by atoms with van der Waals surface area (Å²) in [5.74, 6) is -2.39. The quantitative estimate of drug-likeness (QED) is 0.629. The molecule has 0 aliphatic carbocycles. The van der Waals surface area contributed by atoms with Crippen molar-refractivity contribution in [2.45, 2.75) is 25.8 Å². The number of carbonyl (C=O) groups excluding carboxylic acids is 2. The van der Waals surface area contributed by atoms with Gasteiger partial charge in [0.2, 0.25) is 5.91 Å². The molecule has 0 bridgehead atoms. The number of nitrogens with one attached hydrogen (secondary N) is 1. The van der Waals surface area contributed by atoms with Crippen molar-refractivity contribution in [2.75, 3.05) is 13.7 Å². The number of rotatable bonds is 6. The topological polar surface area (TPSA) is 58.6 Å². The number of ether oxygens (including phenoxy) is 1. The van der Waals surface area contributed by atoms with Gasteiger partial charge in [-0.1, -0.05) is 42.5 Å². The second kappa shape index (κ2) is 8.18. The third-order valence-corrected chi connectivity index (χ3v) is 3.94. The van der Waals surface area contributed by atoms with Gasteiger partial charge in [0.25, 0.3) is 0 Å². The zero-order valence-corrected chi connectivity index (χ0v) is 14.3. The lowest BCUT2D eigenvalue weighted by Crippen LogP contribution is -2.54. The normalized spacial score (nSPS) is 12.7. The molecule has 0 fully saturated rings. The predicted octanol–water partition coefficient (Wildman–Crippen LogP) is 2.84. The number of esters is 1. The number of nitrogens with zero attached hydrogens (tertiary/aromatic N) is 1. The van der Waals surface area contributed by atoms with E-state index in [1.807, 2.05) is 42.5 Å². The fourth-order valence-corrected chi connectivity index (χ4v) is 2.69. The summed E-state index contributed by atoms with van der Waals surface area (Å²) >= 11 is 0. The van der Waals surface area contributed by atoms with Crippen LogP contribution in [0.1, 0.15) is 12.5 Å². The van der Waals surface area contributed by atoms with Gasteiger partial charge >= 0.3 is 12.3 Å². The zero-order valence-electron chi connectivity index (χ0n) is 14.3. The van der Waals surface area contributed by atoms with Crippen LogP contribution in [0.3, 0.4) is 0 Å². The molecule has 5 nitrogen and oxygen atoms in total. The van der Waals surface area contributed by atoms with E-state index in [0.717, 1.165) is 30.4 Å². The van der Waals surface area contributed by atoms with Crippen molar-refractivity contribution in [3.63, 3.8) is 0 Å². The Labute approximate surface area is 148 Å². The van der Waals surface area contributed by atoms with E-state index >= 15 is 0 Å². The summed E-state index contributed by atoms with van der Waals surface area (Å²) in [6.45, 7) is 0.622. The summed E-state index contributed by atoms with van der Waals surface area (Å²) in [5, 5.41) is 4.66. The summed E-state index contributed by atoms with van der Waals surface area (Å²) < 4.78 is 43.7. The van der Waals surface area contributed by atoms with Crippen molar-refractivity contribution in [2.24, 2.45) is 0 Å². The first-order valence-corrected chi connectivity index (χ1v) is 7.89. The van der Waals surface area contributed by atoms with E-state index in [0.29, 0.717) is 0 Å². The van der Waals surface area contributed by atoms with Crippen LogP contribution < -0.4 is 5.32 Å². The molecule has 1 N–H and O–H groups in total. The predicted molar refractivity (Wildman–Crippen MR) is 90.0 cm³/mol. The molecule has 0 unspecified atom stereocenters. The molecule has 2 aromatic rings. The number of halogens is 3. The molecule has 0 aliphatic heterocycles. The molecule has 26 heavy (non-hydrogen) atoms. The molecule has 1 amide bonds. The number of methoxy groups -OCH3 is 1. The molecule has 0 saturated heterocycles. The fourth-order valence-electron chi connectivity index (χ4n) is 2.69. The van der Waals surface area contributed by atoms with Crippen LogP contribution in [0.4, 0.5) is 13.2 Å². The monoisotopic (exact) mass is 368 g/mol. The van der Waals surface area contributed by atoms with Gasteiger partial charge in [0.1, 0.15) is 6.04 Å². The Morgan fingerprint density at radius 2 is 1.81 bits per heavy atom. The highest BCUT2D eigenvalue weighted by Gasteiger charge is 2.46. The number of benzene rings is 2. The first-order valence-electron chi connectivity index (χ1n) is 7.89. The van der Waals surface area contributed by atoms with Crippen LogP contribution in [0.2, 0.25) is 0 Å². The zero-order chi connectivity index (χ0) is 19.3. The molecule has 0 saturated carbocycles. The third kappa shape index (κ3) is 4.51. The van der Waals surface area contributed by atoms with Crippen molar-refractivity contribution in [1.29, 1.82) is 0 Å². The second-order valence-electron chi connectivity index (χ2n) is 5.67. The highest BCUT2D eigenvalue weighted by molar-refractivity contribution is 5.86. The molecular formula is C18H19F3N2O3. The largest absolute Gasteiger partial charge is 0.487 e.